The van der Waals surface area contributed by atoms with Crippen LogP contribution in [0.4, 0.5) is 0 Å². The summed E-state index contributed by atoms with van der Waals surface area (Å²) in [5, 5.41) is 10.0. The zero-order chi connectivity index (χ0) is 10.8. The minimum absolute atomic E-state index is 0.125. The van der Waals surface area contributed by atoms with E-state index in [4.69, 9.17) is 0 Å². The van der Waals surface area contributed by atoms with Gasteiger partial charge in [0.05, 0.1) is 6.10 Å². The first-order valence-electron chi connectivity index (χ1n) is 5.93. The number of aryl methyl sites for hydroxylation is 2. The maximum absolute atomic E-state index is 10.0. The third-order valence-corrected chi connectivity index (χ3v) is 3.40. The van der Waals surface area contributed by atoms with Gasteiger partial charge >= 0.3 is 0 Å². The monoisotopic (exact) mass is 204 g/mol. The van der Waals surface area contributed by atoms with E-state index < -0.39 is 0 Å². The molecule has 0 heterocycles. The van der Waals surface area contributed by atoms with E-state index in [2.05, 4.69) is 32.0 Å². The van der Waals surface area contributed by atoms with E-state index in [0.717, 1.165) is 12.8 Å². The van der Waals surface area contributed by atoms with Gasteiger partial charge in [-0.15, -0.1) is 0 Å². The Morgan fingerprint density at radius 1 is 1.00 bits per heavy atom. The van der Waals surface area contributed by atoms with Gasteiger partial charge in [-0.05, 0) is 32.3 Å². The molecular formula is C14H20O. The number of aliphatic hydroxyl groups excluding tert-OH is 1. The maximum Gasteiger partial charge on any atom is 0.0608 e. The maximum atomic E-state index is 10.0. The lowest BCUT2D eigenvalue weighted by Crippen LogP contribution is -2.22. The lowest BCUT2D eigenvalue weighted by atomic mass is 9.81. The van der Waals surface area contributed by atoms with Gasteiger partial charge in [0.25, 0.3) is 0 Å². The average molecular weight is 204 g/mol. The molecule has 1 aliphatic rings. The molecular weight excluding hydrogens is 184 g/mol. The van der Waals surface area contributed by atoms with Crippen molar-refractivity contribution in [1.82, 2.24) is 0 Å². The van der Waals surface area contributed by atoms with Crippen molar-refractivity contribution in [1.29, 1.82) is 0 Å². The molecule has 0 aromatic heterocycles. The molecule has 0 amide bonds. The Bertz CT molecular complexity index is 323. The van der Waals surface area contributed by atoms with E-state index in [0.29, 0.717) is 5.92 Å². The zero-order valence-electron chi connectivity index (χ0n) is 9.66. The van der Waals surface area contributed by atoms with Gasteiger partial charge in [0, 0.05) is 5.92 Å². The molecule has 2 atom stereocenters. The highest BCUT2D eigenvalue weighted by molar-refractivity contribution is 5.31. The first-order chi connectivity index (χ1) is 7.16. The minimum Gasteiger partial charge on any atom is -0.392 e. The third kappa shape index (κ3) is 2.40. The van der Waals surface area contributed by atoms with Crippen molar-refractivity contribution in [3.05, 3.63) is 34.9 Å². The molecule has 1 fully saturated rings. The summed E-state index contributed by atoms with van der Waals surface area (Å²) in [7, 11) is 0. The first-order valence-corrected chi connectivity index (χ1v) is 5.93. The van der Waals surface area contributed by atoms with E-state index in [9.17, 15) is 5.11 Å². The molecule has 1 N–H and O–H groups in total. The molecule has 0 bridgehead atoms. The predicted molar refractivity (Wildman–Crippen MR) is 63.1 cm³/mol. The summed E-state index contributed by atoms with van der Waals surface area (Å²) in [6, 6.07) is 6.65. The van der Waals surface area contributed by atoms with Crippen LogP contribution in [0.3, 0.4) is 0 Å². The van der Waals surface area contributed by atoms with Gasteiger partial charge in [-0.3, -0.25) is 0 Å². The topological polar surface area (TPSA) is 20.2 Å². The van der Waals surface area contributed by atoms with Crippen LogP contribution in [0.1, 0.15) is 48.3 Å². The van der Waals surface area contributed by atoms with Gasteiger partial charge in [-0.1, -0.05) is 42.2 Å². The highest BCUT2D eigenvalue weighted by Gasteiger charge is 2.24. The summed E-state index contributed by atoms with van der Waals surface area (Å²) in [5.41, 5.74) is 3.95. The molecule has 1 nitrogen and oxygen atoms in total. The Morgan fingerprint density at radius 3 is 2.20 bits per heavy atom. The van der Waals surface area contributed by atoms with E-state index in [1.54, 1.807) is 0 Å². The lowest BCUT2D eigenvalue weighted by molar-refractivity contribution is 0.106. The molecule has 0 radical (unpaired) electrons. The average Bonchev–Trinajstić information content (AvgIpc) is 2.16. The van der Waals surface area contributed by atoms with Crippen molar-refractivity contribution >= 4 is 0 Å². The highest BCUT2D eigenvalue weighted by Crippen LogP contribution is 2.33. The van der Waals surface area contributed by atoms with Gasteiger partial charge in [0.2, 0.25) is 0 Å². The first kappa shape index (κ1) is 10.7. The van der Waals surface area contributed by atoms with Gasteiger partial charge in [0.15, 0.2) is 0 Å². The molecule has 0 saturated heterocycles. The standard InChI is InChI=1S/C14H20O/c1-10-7-11(2)9-12(8-10)13-5-3-4-6-14(13)15/h7-9,13-15H,3-6H2,1-2H3/t13-,14-/m0/s1. The van der Waals surface area contributed by atoms with Crippen molar-refractivity contribution < 1.29 is 5.11 Å². The number of rotatable bonds is 1. The fourth-order valence-corrected chi connectivity index (χ4v) is 2.72. The van der Waals surface area contributed by atoms with Gasteiger partial charge in [0.1, 0.15) is 0 Å². The fourth-order valence-electron chi connectivity index (χ4n) is 2.72. The van der Waals surface area contributed by atoms with Crippen LogP contribution in [0.5, 0.6) is 0 Å². The summed E-state index contributed by atoms with van der Waals surface area (Å²) < 4.78 is 0. The molecule has 0 aliphatic heterocycles. The summed E-state index contributed by atoms with van der Waals surface area (Å²) >= 11 is 0. The molecule has 1 aliphatic carbocycles. The highest BCUT2D eigenvalue weighted by atomic mass is 16.3. The SMILES string of the molecule is Cc1cc(C)cc([C@@H]2CCCC[C@@H]2O)c1. The summed E-state index contributed by atoms with van der Waals surface area (Å²) in [6.07, 6.45) is 4.43. The number of hydrogen-bond donors (Lipinski definition) is 1. The van der Waals surface area contributed by atoms with Crippen LogP contribution < -0.4 is 0 Å². The van der Waals surface area contributed by atoms with Crippen molar-refractivity contribution in [2.45, 2.75) is 51.6 Å². The molecule has 0 spiro atoms. The minimum atomic E-state index is -0.125. The van der Waals surface area contributed by atoms with Crippen molar-refractivity contribution in [2.24, 2.45) is 0 Å². The Balaban J connectivity index is 2.27. The van der Waals surface area contributed by atoms with Gasteiger partial charge in [-0.25, -0.2) is 0 Å². The number of benzene rings is 1. The Hall–Kier alpha value is -0.820. The summed E-state index contributed by atoms with van der Waals surface area (Å²) in [5.74, 6) is 0.373. The zero-order valence-corrected chi connectivity index (χ0v) is 9.66. The van der Waals surface area contributed by atoms with Crippen LogP contribution in [-0.2, 0) is 0 Å². The lowest BCUT2D eigenvalue weighted by Gasteiger charge is -2.28. The molecule has 2 rings (SSSR count). The predicted octanol–water partition coefficient (Wildman–Crippen LogP) is 3.32. The van der Waals surface area contributed by atoms with Crippen LogP contribution in [0.2, 0.25) is 0 Å². The number of aliphatic hydroxyl groups is 1. The van der Waals surface area contributed by atoms with E-state index in [-0.39, 0.29) is 6.10 Å². The van der Waals surface area contributed by atoms with E-state index in [1.165, 1.54) is 29.5 Å². The van der Waals surface area contributed by atoms with Gasteiger partial charge in [-0.2, -0.15) is 0 Å². The molecule has 1 heteroatoms. The van der Waals surface area contributed by atoms with E-state index >= 15 is 0 Å². The third-order valence-electron chi connectivity index (χ3n) is 3.40. The van der Waals surface area contributed by atoms with Crippen molar-refractivity contribution in [3.63, 3.8) is 0 Å². The largest absolute Gasteiger partial charge is 0.392 e. The Labute approximate surface area is 92.1 Å². The van der Waals surface area contributed by atoms with Crippen molar-refractivity contribution in [2.75, 3.05) is 0 Å². The molecule has 15 heavy (non-hydrogen) atoms. The summed E-state index contributed by atoms with van der Waals surface area (Å²) in [6.45, 7) is 4.26. The smallest absolute Gasteiger partial charge is 0.0608 e. The molecule has 1 aromatic carbocycles. The van der Waals surface area contributed by atoms with Crippen LogP contribution >= 0.6 is 0 Å². The second kappa shape index (κ2) is 4.36. The second-order valence-corrected chi connectivity index (χ2v) is 4.88. The molecule has 0 unspecified atom stereocenters. The normalized spacial score (nSPS) is 26.6. The molecule has 1 aromatic rings. The van der Waals surface area contributed by atoms with Crippen molar-refractivity contribution in [3.8, 4) is 0 Å². The number of hydrogen-bond acceptors (Lipinski definition) is 1. The van der Waals surface area contributed by atoms with Crippen LogP contribution in [0.25, 0.3) is 0 Å². The summed E-state index contributed by atoms with van der Waals surface area (Å²) in [4.78, 5) is 0. The fraction of sp³-hybridized carbons (Fsp3) is 0.571. The Kier molecular flexibility index (Phi) is 3.11. The van der Waals surface area contributed by atoms with E-state index in [1.807, 2.05) is 0 Å². The van der Waals surface area contributed by atoms with Gasteiger partial charge < -0.3 is 5.11 Å². The van der Waals surface area contributed by atoms with Crippen LogP contribution in [0, 0.1) is 13.8 Å². The van der Waals surface area contributed by atoms with Crippen LogP contribution in [0.15, 0.2) is 18.2 Å². The molecule has 82 valence electrons. The van der Waals surface area contributed by atoms with Crippen LogP contribution in [-0.4, -0.2) is 11.2 Å². The second-order valence-electron chi connectivity index (χ2n) is 4.88. The molecule has 1 saturated carbocycles. The quantitative estimate of drug-likeness (QED) is 0.744. The Morgan fingerprint density at radius 2 is 1.60 bits per heavy atom.